The number of carbonyl (C=O) groups excluding carboxylic acids is 4. The van der Waals surface area contributed by atoms with Crippen molar-refractivity contribution >= 4 is 39.5 Å². The Morgan fingerprint density at radius 2 is 0.404 bits per heavy atom. The second kappa shape index (κ2) is 74.3. The molecule has 0 aliphatic carbocycles. The Morgan fingerprint density at radius 3 is 0.596 bits per heavy atom. The minimum absolute atomic E-state index is 0.109. The standard InChI is InChI=1S/C80H156O17P2/c1-5-9-13-17-21-25-29-33-36-37-40-43-47-51-55-59-63-67-80(85)97-76(71-91-78(83)65-61-57-53-49-45-41-38-34-30-26-22-18-14-10-6-2)73-95-99(88,89)93-69-74(81)68-92-98(86,87)94-72-75(70-90-77(82)64-60-56-52-48-44-32-28-24-20-16-12-8-4)96-79(84)66-62-58-54-50-46-42-39-35-31-27-23-19-15-11-7-3/h74-76,81H,5-73H2,1-4H3,(H,86,87)(H,88,89)/t74?,75-,76-/m1/s1. The van der Waals surface area contributed by atoms with Crippen LogP contribution in [0.1, 0.15) is 432 Å². The smallest absolute Gasteiger partial charge is 0.462 e. The van der Waals surface area contributed by atoms with E-state index in [0.29, 0.717) is 25.7 Å². The van der Waals surface area contributed by atoms with Gasteiger partial charge in [0.25, 0.3) is 0 Å². The van der Waals surface area contributed by atoms with Crippen LogP contribution in [-0.2, 0) is 65.4 Å². The molecule has 0 aliphatic heterocycles. The molecule has 0 aromatic carbocycles. The van der Waals surface area contributed by atoms with Crippen molar-refractivity contribution in [3.05, 3.63) is 0 Å². The van der Waals surface area contributed by atoms with E-state index in [-0.39, 0.29) is 25.7 Å². The van der Waals surface area contributed by atoms with Gasteiger partial charge in [-0.15, -0.1) is 0 Å². The Bertz CT molecular complexity index is 1880. The highest BCUT2D eigenvalue weighted by Crippen LogP contribution is 2.45. The second-order valence-electron chi connectivity index (χ2n) is 28.8. The van der Waals surface area contributed by atoms with Crippen LogP contribution in [0.4, 0.5) is 0 Å². The first kappa shape index (κ1) is 97.1. The monoisotopic (exact) mass is 1450 g/mol. The SMILES string of the molecule is CCCCCCCCCCCCCCCCCCCC(=O)O[C@H](COC(=O)CCCCCCCCCCCCCCCCC)COP(=O)(O)OCC(O)COP(=O)(O)OC[C@@H](COC(=O)CCCCCCCCCCCCCC)OC(=O)CCCCCCCCCCCCCCCCC. The summed E-state index contributed by atoms with van der Waals surface area (Å²) >= 11 is 0. The number of unbranched alkanes of at least 4 members (excludes halogenated alkanes) is 55. The van der Waals surface area contributed by atoms with Crippen LogP contribution in [0.5, 0.6) is 0 Å². The number of phosphoric acid groups is 2. The van der Waals surface area contributed by atoms with Crippen molar-refractivity contribution in [2.75, 3.05) is 39.6 Å². The average Bonchev–Trinajstić information content (AvgIpc) is 1.03. The minimum Gasteiger partial charge on any atom is -0.462 e. The zero-order valence-electron chi connectivity index (χ0n) is 64.5. The molecular formula is C80H156O17P2. The molecule has 0 aliphatic rings. The van der Waals surface area contributed by atoms with Crippen molar-refractivity contribution in [3.8, 4) is 0 Å². The summed E-state index contributed by atoms with van der Waals surface area (Å²) in [4.78, 5) is 73.0. The van der Waals surface area contributed by atoms with Gasteiger partial charge in [0.2, 0.25) is 0 Å². The molecule has 0 rings (SSSR count). The van der Waals surface area contributed by atoms with Crippen molar-refractivity contribution in [2.45, 2.75) is 451 Å². The highest BCUT2D eigenvalue weighted by atomic mass is 31.2. The lowest BCUT2D eigenvalue weighted by atomic mass is 10.0. The normalized spacial score (nSPS) is 13.8. The van der Waals surface area contributed by atoms with E-state index in [1.54, 1.807) is 0 Å². The van der Waals surface area contributed by atoms with Crippen molar-refractivity contribution < 1.29 is 80.2 Å². The van der Waals surface area contributed by atoms with Crippen molar-refractivity contribution in [2.24, 2.45) is 0 Å². The lowest BCUT2D eigenvalue weighted by molar-refractivity contribution is -0.161. The number of ether oxygens (including phenoxy) is 4. The van der Waals surface area contributed by atoms with E-state index < -0.39 is 97.5 Å². The largest absolute Gasteiger partial charge is 0.472 e. The Labute approximate surface area is 607 Å². The maximum absolute atomic E-state index is 13.1. The molecule has 0 bridgehead atoms. The first-order valence-corrected chi connectivity index (χ1v) is 44.8. The number of aliphatic hydroxyl groups excluding tert-OH is 1. The number of hydrogen-bond acceptors (Lipinski definition) is 15. The lowest BCUT2D eigenvalue weighted by Gasteiger charge is -2.21. The Balaban J connectivity index is 5.26. The summed E-state index contributed by atoms with van der Waals surface area (Å²) in [6.07, 6.45) is 66.4. The summed E-state index contributed by atoms with van der Waals surface area (Å²) in [6, 6.07) is 0. The number of esters is 4. The molecule has 0 saturated carbocycles. The molecule has 0 saturated heterocycles. The molecular weight excluding hydrogens is 1290 g/mol. The van der Waals surface area contributed by atoms with Crippen LogP contribution in [0.3, 0.4) is 0 Å². The van der Waals surface area contributed by atoms with Gasteiger partial charge in [0.05, 0.1) is 26.4 Å². The van der Waals surface area contributed by atoms with Gasteiger partial charge in [-0.1, -0.05) is 381 Å². The first-order valence-electron chi connectivity index (χ1n) is 41.8. The van der Waals surface area contributed by atoms with Crippen LogP contribution in [0.15, 0.2) is 0 Å². The van der Waals surface area contributed by atoms with Crippen LogP contribution < -0.4 is 0 Å². The van der Waals surface area contributed by atoms with Gasteiger partial charge in [0.1, 0.15) is 19.3 Å². The van der Waals surface area contributed by atoms with E-state index >= 15 is 0 Å². The van der Waals surface area contributed by atoms with Crippen molar-refractivity contribution in [1.29, 1.82) is 0 Å². The zero-order valence-corrected chi connectivity index (χ0v) is 66.3. The van der Waals surface area contributed by atoms with E-state index in [1.807, 2.05) is 0 Å². The average molecular weight is 1450 g/mol. The van der Waals surface area contributed by atoms with Crippen LogP contribution in [0.25, 0.3) is 0 Å². The van der Waals surface area contributed by atoms with Gasteiger partial charge in [0.15, 0.2) is 12.2 Å². The van der Waals surface area contributed by atoms with Crippen LogP contribution in [0.2, 0.25) is 0 Å². The predicted molar refractivity (Wildman–Crippen MR) is 405 cm³/mol. The molecule has 0 heterocycles. The molecule has 5 atom stereocenters. The third-order valence-electron chi connectivity index (χ3n) is 18.9. The maximum Gasteiger partial charge on any atom is 0.472 e. The Morgan fingerprint density at radius 1 is 0.242 bits per heavy atom. The number of hydrogen-bond donors (Lipinski definition) is 3. The molecule has 3 N–H and O–H groups in total. The molecule has 19 heteroatoms. The van der Waals surface area contributed by atoms with Gasteiger partial charge < -0.3 is 33.8 Å². The molecule has 0 aromatic heterocycles. The number of rotatable bonds is 81. The highest BCUT2D eigenvalue weighted by Gasteiger charge is 2.30. The molecule has 0 aromatic rings. The molecule has 0 fully saturated rings. The quantitative estimate of drug-likeness (QED) is 0.0222. The summed E-state index contributed by atoms with van der Waals surface area (Å²) in [5.41, 5.74) is 0. The summed E-state index contributed by atoms with van der Waals surface area (Å²) in [6.45, 7) is 5.03. The van der Waals surface area contributed by atoms with Crippen molar-refractivity contribution in [1.82, 2.24) is 0 Å². The third-order valence-corrected chi connectivity index (χ3v) is 20.8. The summed E-state index contributed by atoms with van der Waals surface area (Å²) in [5.74, 6) is -2.10. The molecule has 0 amide bonds. The molecule has 588 valence electrons. The Kier molecular flexibility index (Phi) is 72.9. The predicted octanol–water partition coefficient (Wildman–Crippen LogP) is 24.2. The van der Waals surface area contributed by atoms with Crippen molar-refractivity contribution in [3.63, 3.8) is 0 Å². The van der Waals surface area contributed by atoms with E-state index in [0.717, 1.165) is 89.9 Å². The number of carbonyl (C=O) groups is 4. The van der Waals surface area contributed by atoms with Crippen LogP contribution >= 0.6 is 15.6 Å². The maximum atomic E-state index is 13.1. The fourth-order valence-electron chi connectivity index (χ4n) is 12.5. The fourth-order valence-corrected chi connectivity index (χ4v) is 14.0. The van der Waals surface area contributed by atoms with E-state index in [1.165, 1.54) is 263 Å². The van der Waals surface area contributed by atoms with Crippen LogP contribution in [0, 0.1) is 0 Å². The molecule has 0 radical (unpaired) electrons. The third kappa shape index (κ3) is 74.1. The fraction of sp³-hybridized carbons (Fsp3) is 0.950. The van der Waals surface area contributed by atoms with Crippen LogP contribution in [-0.4, -0.2) is 96.7 Å². The van der Waals surface area contributed by atoms with E-state index in [2.05, 4.69) is 27.7 Å². The summed E-state index contributed by atoms with van der Waals surface area (Å²) in [5, 5.41) is 10.6. The second-order valence-corrected chi connectivity index (χ2v) is 31.7. The zero-order chi connectivity index (χ0) is 72.5. The van der Waals surface area contributed by atoms with Gasteiger partial charge in [-0.25, -0.2) is 9.13 Å². The first-order chi connectivity index (χ1) is 48.2. The molecule has 17 nitrogen and oxygen atoms in total. The topological polar surface area (TPSA) is 237 Å². The lowest BCUT2D eigenvalue weighted by Crippen LogP contribution is -2.30. The minimum atomic E-state index is -4.96. The van der Waals surface area contributed by atoms with E-state index in [4.69, 9.17) is 37.0 Å². The summed E-state index contributed by atoms with van der Waals surface area (Å²) < 4.78 is 68.7. The Hall–Kier alpha value is -1.94. The van der Waals surface area contributed by atoms with Gasteiger partial charge in [-0.3, -0.25) is 37.3 Å². The molecule has 3 unspecified atom stereocenters. The van der Waals surface area contributed by atoms with Gasteiger partial charge in [0, 0.05) is 25.7 Å². The highest BCUT2D eigenvalue weighted by molar-refractivity contribution is 7.47. The van der Waals surface area contributed by atoms with Gasteiger partial charge in [-0.2, -0.15) is 0 Å². The molecule has 0 spiro atoms. The number of aliphatic hydroxyl groups is 1. The summed E-state index contributed by atoms with van der Waals surface area (Å²) in [7, 11) is -9.92. The van der Waals surface area contributed by atoms with Gasteiger partial charge >= 0.3 is 39.5 Å². The van der Waals surface area contributed by atoms with E-state index in [9.17, 15) is 43.2 Å². The number of phosphoric ester groups is 2. The molecule has 99 heavy (non-hydrogen) atoms. The van der Waals surface area contributed by atoms with Gasteiger partial charge in [-0.05, 0) is 25.7 Å².